The van der Waals surface area contributed by atoms with Crippen molar-refractivity contribution in [1.82, 2.24) is 4.98 Å². The first-order chi connectivity index (χ1) is 7.45. The van der Waals surface area contributed by atoms with Crippen LogP contribution in [0.15, 0.2) is 6.07 Å². The minimum atomic E-state index is -2.88. The smallest absolute Gasteiger partial charge is 0.310 e. The van der Waals surface area contributed by atoms with Crippen molar-refractivity contribution in [1.29, 1.82) is 0 Å². The zero-order chi connectivity index (χ0) is 12.3. The van der Waals surface area contributed by atoms with Gasteiger partial charge < -0.3 is 9.84 Å². The van der Waals surface area contributed by atoms with Gasteiger partial charge in [0.1, 0.15) is 5.69 Å². The average Bonchev–Trinajstić information content (AvgIpc) is 2.22. The summed E-state index contributed by atoms with van der Waals surface area (Å²) in [4.78, 5) is 14.3. The Kier molecular flexibility index (Phi) is 4.00. The predicted molar refractivity (Wildman–Crippen MR) is 51.6 cm³/mol. The summed E-state index contributed by atoms with van der Waals surface area (Å²) >= 11 is 5.39. The molecule has 1 rings (SSSR count). The quantitative estimate of drug-likeness (QED) is 0.660. The number of carbonyl (C=O) groups is 1. The first kappa shape index (κ1) is 12.6. The van der Waals surface area contributed by atoms with Crippen molar-refractivity contribution < 1.29 is 23.4 Å². The molecule has 0 radical (unpaired) electrons. The second-order valence-electron chi connectivity index (χ2n) is 2.90. The number of ether oxygens (including phenoxy) is 1. The summed E-state index contributed by atoms with van der Waals surface area (Å²) in [5.74, 6) is -1.16. The number of carbonyl (C=O) groups excluding carboxylic acids is 1. The van der Waals surface area contributed by atoms with E-state index in [-0.39, 0.29) is 5.56 Å². The van der Waals surface area contributed by atoms with Crippen molar-refractivity contribution in [2.75, 3.05) is 7.11 Å². The van der Waals surface area contributed by atoms with E-state index in [2.05, 4.69) is 9.72 Å². The van der Waals surface area contributed by atoms with Gasteiger partial charge in [0.25, 0.3) is 6.43 Å². The van der Waals surface area contributed by atoms with Crippen LogP contribution in [0.5, 0.6) is 5.75 Å². The van der Waals surface area contributed by atoms with Crippen LogP contribution in [0.4, 0.5) is 8.78 Å². The molecule has 1 N–H and O–H groups in total. The summed E-state index contributed by atoms with van der Waals surface area (Å²) in [7, 11) is 1.13. The van der Waals surface area contributed by atoms with Gasteiger partial charge in [-0.1, -0.05) is 11.6 Å². The number of nitrogens with zero attached hydrogens (tertiary/aromatic N) is 1. The van der Waals surface area contributed by atoms with Crippen molar-refractivity contribution in [2.45, 2.75) is 12.8 Å². The van der Waals surface area contributed by atoms with Gasteiger partial charge in [-0.15, -0.1) is 0 Å². The number of alkyl halides is 2. The van der Waals surface area contributed by atoms with Crippen molar-refractivity contribution in [3.05, 3.63) is 22.5 Å². The van der Waals surface area contributed by atoms with E-state index in [4.69, 9.17) is 11.6 Å². The zero-order valence-corrected chi connectivity index (χ0v) is 8.96. The number of hydrogen-bond acceptors (Lipinski definition) is 4. The van der Waals surface area contributed by atoms with E-state index in [0.29, 0.717) is 0 Å². The van der Waals surface area contributed by atoms with E-state index in [9.17, 15) is 18.7 Å². The van der Waals surface area contributed by atoms with Gasteiger partial charge in [0.2, 0.25) is 0 Å². The van der Waals surface area contributed by atoms with Crippen LogP contribution in [0.25, 0.3) is 0 Å². The zero-order valence-electron chi connectivity index (χ0n) is 8.21. The Morgan fingerprint density at radius 3 is 2.81 bits per heavy atom. The molecule has 0 aliphatic rings. The maximum absolute atomic E-state index is 12.5. The molecule has 0 saturated heterocycles. The SMILES string of the molecule is COC(=O)Cc1cc(O)c(Cl)nc1C(F)F. The molecular formula is C9H8ClF2NO3. The highest BCUT2D eigenvalue weighted by Gasteiger charge is 2.20. The third-order valence-electron chi connectivity index (χ3n) is 1.84. The minimum Gasteiger partial charge on any atom is -0.505 e. The normalized spacial score (nSPS) is 10.6. The van der Waals surface area contributed by atoms with Crippen molar-refractivity contribution in [2.24, 2.45) is 0 Å². The molecule has 0 unspecified atom stereocenters. The van der Waals surface area contributed by atoms with Gasteiger partial charge in [-0.25, -0.2) is 13.8 Å². The summed E-state index contributed by atoms with van der Waals surface area (Å²) in [6.07, 6.45) is -3.27. The molecular weight excluding hydrogens is 244 g/mol. The fourth-order valence-corrected chi connectivity index (χ4v) is 1.24. The Morgan fingerprint density at radius 2 is 2.31 bits per heavy atom. The average molecular weight is 252 g/mol. The summed E-state index contributed by atoms with van der Waals surface area (Å²) < 4.78 is 29.4. The third-order valence-corrected chi connectivity index (χ3v) is 2.12. The molecule has 1 aromatic heterocycles. The number of esters is 1. The molecule has 4 nitrogen and oxygen atoms in total. The molecule has 0 fully saturated rings. The lowest BCUT2D eigenvalue weighted by atomic mass is 10.1. The highest BCUT2D eigenvalue weighted by molar-refractivity contribution is 6.30. The van der Waals surface area contributed by atoms with Gasteiger partial charge >= 0.3 is 5.97 Å². The van der Waals surface area contributed by atoms with Gasteiger partial charge in [-0.05, 0) is 11.6 Å². The summed E-state index contributed by atoms with van der Waals surface area (Å²) in [6.45, 7) is 0. The standard InChI is InChI=1S/C9H8ClF2NO3/c1-16-6(15)3-4-2-5(14)8(10)13-7(4)9(11)12/h2,9,14H,3H2,1H3. The molecule has 0 aliphatic heterocycles. The Labute approximate surface area is 94.8 Å². The molecule has 1 heterocycles. The van der Waals surface area contributed by atoms with Gasteiger partial charge in [-0.3, -0.25) is 4.79 Å². The van der Waals surface area contributed by atoms with E-state index >= 15 is 0 Å². The van der Waals surface area contributed by atoms with Crippen LogP contribution in [0, 0.1) is 0 Å². The maximum atomic E-state index is 12.5. The Bertz CT molecular complexity index is 412. The first-order valence-corrected chi connectivity index (χ1v) is 4.56. The van der Waals surface area contributed by atoms with Crippen LogP contribution < -0.4 is 0 Å². The molecule has 0 bridgehead atoms. The van der Waals surface area contributed by atoms with Crippen LogP contribution in [0.2, 0.25) is 5.15 Å². The lowest BCUT2D eigenvalue weighted by Gasteiger charge is -2.08. The second kappa shape index (κ2) is 5.07. The van der Waals surface area contributed by atoms with E-state index in [1.54, 1.807) is 0 Å². The molecule has 16 heavy (non-hydrogen) atoms. The minimum absolute atomic E-state index is 0.108. The van der Waals surface area contributed by atoms with E-state index in [1.807, 2.05) is 0 Å². The van der Waals surface area contributed by atoms with Gasteiger partial charge in [-0.2, -0.15) is 0 Å². The van der Waals surface area contributed by atoms with Crippen molar-refractivity contribution >= 4 is 17.6 Å². The number of pyridine rings is 1. The fraction of sp³-hybridized carbons (Fsp3) is 0.333. The maximum Gasteiger partial charge on any atom is 0.310 e. The molecule has 0 atom stereocenters. The van der Waals surface area contributed by atoms with E-state index < -0.39 is 35.4 Å². The molecule has 0 aromatic carbocycles. The van der Waals surface area contributed by atoms with Crippen LogP contribution in [0.1, 0.15) is 17.7 Å². The molecule has 7 heteroatoms. The van der Waals surface area contributed by atoms with Gasteiger partial charge in [0.05, 0.1) is 13.5 Å². The lowest BCUT2D eigenvalue weighted by Crippen LogP contribution is -2.08. The van der Waals surface area contributed by atoms with Crippen LogP contribution in [-0.4, -0.2) is 23.2 Å². The Hall–Kier alpha value is -1.43. The van der Waals surface area contributed by atoms with Crippen LogP contribution in [0.3, 0.4) is 0 Å². The lowest BCUT2D eigenvalue weighted by molar-refractivity contribution is -0.139. The topological polar surface area (TPSA) is 59.4 Å². The highest BCUT2D eigenvalue weighted by atomic mass is 35.5. The number of hydrogen-bond donors (Lipinski definition) is 1. The van der Waals surface area contributed by atoms with Gasteiger partial charge in [0, 0.05) is 0 Å². The number of aromatic nitrogens is 1. The van der Waals surface area contributed by atoms with Gasteiger partial charge in [0.15, 0.2) is 10.9 Å². The molecule has 0 amide bonds. The largest absolute Gasteiger partial charge is 0.505 e. The Balaban J connectivity index is 3.14. The Morgan fingerprint density at radius 1 is 1.69 bits per heavy atom. The first-order valence-electron chi connectivity index (χ1n) is 4.19. The van der Waals surface area contributed by atoms with Crippen molar-refractivity contribution in [3.8, 4) is 5.75 Å². The number of aromatic hydroxyl groups is 1. The van der Waals surface area contributed by atoms with Crippen LogP contribution in [-0.2, 0) is 16.0 Å². The molecule has 0 spiro atoms. The second-order valence-corrected chi connectivity index (χ2v) is 3.25. The van der Waals surface area contributed by atoms with Crippen molar-refractivity contribution in [3.63, 3.8) is 0 Å². The number of halogens is 3. The molecule has 1 aromatic rings. The molecule has 88 valence electrons. The number of methoxy groups -OCH3 is 1. The summed E-state index contributed by atoms with van der Waals surface area (Å²) in [5, 5.41) is 8.77. The molecule has 0 aliphatic carbocycles. The monoisotopic (exact) mass is 251 g/mol. The predicted octanol–water partition coefficient (Wildman–Crippen LogP) is 2.09. The summed E-state index contributed by atoms with van der Waals surface area (Å²) in [6, 6.07) is 0.980. The van der Waals surface area contributed by atoms with Crippen LogP contribution >= 0.6 is 11.6 Å². The number of rotatable bonds is 3. The fourth-order valence-electron chi connectivity index (χ4n) is 1.09. The van der Waals surface area contributed by atoms with E-state index in [0.717, 1.165) is 13.2 Å². The highest BCUT2D eigenvalue weighted by Crippen LogP contribution is 2.29. The third kappa shape index (κ3) is 2.79. The summed E-state index contributed by atoms with van der Waals surface area (Å²) in [5.41, 5.74) is -0.739. The van der Waals surface area contributed by atoms with E-state index in [1.165, 1.54) is 0 Å². The molecule has 0 saturated carbocycles.